The molecule has 94 valence electrons. The van der Waals surface area contributed by atoms with Crippen LogP contribution in [0, 0.1) is 5.92 Å². The molecule has 1 aliphatic carbocycles. The van der Waals surface area contributed by atoms with Gasteiger partial charge in [-0.05, 0) is 25.0 Å². The summed E-state index contributed by atoms with van der Waals surface area (Å²) >= 11 is 0. The quantitative estimate of drug-likeness (QED) is 0.786. The molecule has 2 aromatic heterocycles. The standard InChI is InChI=1S/C11H8F3N3O/c12-11(13,14)8-7-2-1-5-15-9(7)17(16-8)10(18)6-3-4-6/h1-2,5-6H,3-4H2. The van der Waals surface area contributed by atoms with Gasteiger partial charge in [-0.15, -0.1) is 0 Å². The van der Waals surface area contributed by atoms with Crippen LogP contribution in [0.15, 0.2) is 18.3 Å². The molecule has 2 heterocycles. The van der Waals surface area contributed by atoms with Gasteiger partial charge in [-0.25, -0.2) is 4.98 Å². The third kappa shape index (κ3) is 1.66. The van der Waals surface area contributed by atoms with Crippen LogP contribution in [0.5, 0.6) is 0 Å². The fourth-order valence-corrected chi connectivity index (χ4v) is 1.82. The smallest absolute Gasteiger partial charge is 0.272 e. The SMILES string of the molecule is O=C(C1CC1)n1nc(C(F)(F)F)c2cccnc21. The van der Waals surface area contributed by atoms with Crippen LogP contribution in [0.1, 0.15) is 23.3 Å². The Kier molecular flexibility index (Phi) is 2.20. The van der Waals surface area contributed by atoms with Crippen LogP contribution >= 0.6 is 0 Å². The first kappa shape index (κ1) is 11.2. The molecule has 3 rings (SSSR count). The minimum absolute atomic E-state index is 0.0262. The zero-order valence-corrected chi connectivity index (χ0v) is 9.11. The van der Waals surface area contributed by atoms with Crippen molar-refractivity contribution in [1.82, 2.24) is 14.8 Å². The number of nitrogens with zero attached hydrogens (tertiary/aromatic N) is 3. The van der Waals surface area contributed by atoms with Crippen molar-refractivity contribution in [1.29, 1.82) is 0 Å². The Labute approximate surface area is 99.4 Å². The van der Waals surface area contributed by atoms with Crippen molar-refractivity contribution in [2.75, 3.05) is 0 Å². The molecule has 0 spiro atoms. The van der Waals surface area contributed by atoms with Gasteiger partial charge in [0.15, 0.2) is 11.3 Å². The zero-order valence-electron chi connectivity index (χ0n) is 9.11. The highest BCUT2D eigenvalue weighted by Crippen LogP contribution is 2.35. The minimum Gasteiger partial charge on any atom is -0.272 e. The second-order valence-corrected chi connectivity index (χ2v) is 4.25. The number of fused-ring (bicyclic) bond motifs is 1. The van der Waals surface area contributed by atoms with Crippen LogP contribution < -0.4 is 0 Å². The van der Waals surface area contributed by atoms with Gasteiger partial charge in [0.25, 0.3) is 5.91 Å². The van der Waals surface area contributed by atoms with E-state index in [0.717, 1.165) is 4.68 Å². The predicted molar refractivity (Wildman–Crippen MR) is 55.9 cm³/mol. The summed E-state index contributed by atoms with van der Waals surface area (Å²) in [6, 6.07) is 2.67. The van der Waals surface area contributed by atoms with E-state index in [9.17, 15) is 18.0 Å². The lowest BCUT2D eigenvalue weighted by molar-refractivity contribution is -0.140. The monoisotopic (exact) mass is 255 g/mol. The molecular weight excluding hydrogens is 247 g/mol. The lowest BCUT2D eigenvalue weighted by Gasteiger charge is -2.01. The Morgan fingerprint density at radius 2 is 2.11 bits per heavy atom. The Balaban J connectivity index is 2.23. The second kappa shape index (κ2) is 3.54. The number of halogens is 3. The van der Waals surface area contributed by atoms with Crippen molar-refractivity contribution in [3.05, 3.63) is 24.0 Å². The lowest BCUT2D eigenvalue weighted by atomic mass is 10.2. The Morgan fingerprint density at radius 1 is 1.39 bits per heavy atom. The van der Waals surface area contributed by atoms with Gasteiger partial charge in [0.2, 0.25) is 0 Å². The number of carbonyl (C=O) groups is 1. The topological polar surface area (TPSA) is 47.8 Å². The highest BCUT2D eigenvalue weighted by Gasteiger charge is 2.40. The molecule has 1 fully saturated rings. The van der Waals surface area contributed by atoms with Crippen LogP contribution in [0.2, 0.25) is 0 Å². The molecular formula is C11H8F3N3O. The average Bonchev–Trinajstić information content (AvgIpc) is 3.07. The minimum atomic E-state index is -4.59. The Bertz CT molecular complexity index is 628. The van der Waals surface area contributed by atoms with E-state index in [2.05, 4.69) is 10.1 Å². The van der Waals surface area contributed by atoms with Crippen molar-refractivity contribution in [2.24, 2.45) is 5.92 Å². The van der Waals surface area contributed by atoms with E-state index in [0.29, 0.717) is 12.8 Å². The number of aromatic nitrogens is 3. The van der Waals surface area contributed by atoms with Crippen molar-refractivity contribution in [3.63, 3.8) is 0 Å². The molecule has 4 nitrogen and oxygen atoms in total. The Hall–Kier alpha value is -1.92. The van der Waals surface area contributed by atoms with Gasteiger partial charge in [0.05, 0.1) is 5.39 Å². The maximum atomic E-state index is 12.8. The fraction of sp³-hybridized carbons (Fsp3) is 0.364. The van der Waals surface area contributed by atoms with Gasteiger partial charge >= 0.3 is 6.18 Å². The summed E-state index contributed by atoms with van der Waals surface area (Å²) in [4.78, 5) is 15.7. The molecule has 18 heavy (non-hydrogen) atoms. The van der Waals surface area contributed by atoms with Crippen molar-refractivity contribution in [2.45, 2.75) is 19.0 Å². The number of rotatable bonds is 1. The van der Waals surface area contributed by atoms with Crippen LogP contribution in [0.25, 0.3) is 11.0 Å². The van der Waals surface area contributed by atoms with Crippen LogP contribution in [-0.4, -0.2) is 20.7 Å². The molecule has 0 bridgehead atoms. The van der Waals surface area contributed by atoms with Crippen molar-refractivity contribution in [3.8, 4) is 0 Å². The van der Waals surface area contributed by atoms with Crippen LogP contribution in [0.4, 0.5) is 13.2 Å². The maximum absolute atomic E-state index is 12.8. The molecule has 1 aliphatic rings. The van der Waals surface area contributed by atoms with E-state index in [1.807, 2.05) is 0 Å². The first-order chi connectivity index (χ1) is 8.48. The van der Waals surface area contributed by atoms with Crippen molar-refractivity contribution >= 4 is 16.9 Å². The van der Waals surface area contributed by atoms with Gasteiger partial charge < -0.3 is 0 Å². The molecule has 0 N–H and O–H groups in total. The van der Waals surface area contributed by atoms with Crippen LogP contribution in [-0.2, 0) is 6.18 Å². The van der Waals surface area contributed by atoms with E-state index in [-0.39, 0.29) is 17.0 Å². The average molecular weight is 255 g/mol. The van der Waals surface area contributed by atoms with E-state index >= 15 is 0 Å². The third-order valence-corrected chi connectivity index (χ3v) is 2.85. The summed E-state index contributed by atoms with van der Waals surface area (Å²) in [6.07, 6.45) is -1.83. The number of hydrogen-bond donors (Lipinski definition) is 0. The van der Waals surface area contributed by atoms with Gasteiger partial charge in [0, 0.05) is 12.1 Å². The highest BCUT2D eigenvalue weighted by atomic mass is 19.4. The van der Waals surface area contributed by atoms with E-state index < -0.39 is 17.8 Å². The van der Waals surface area contributed by atoms with Crippen LogP contribution in [0.3, 0.4) is 0 Å². The van der Waals surface area contributed by atoms with Gasteiger partial charge in [-0.3, -0.25) is 4.79 Å². The Morgan fingerprint density at radius 3 is 2.72 bits per heavy atom. The lowest BCUT2D eigenvalue weighted by Crippen LogP contribution is -2.16. The van der Waals surface area contributed by atoms with Gasteiger partial charge in [-0.1, -0.05) is 0 Å². The molecule has 0 aromatic carbocycles. The second-order valence-electron chi connectivity index (χ2n) is 4.25. The molecule has 7 heteroatoms. The highest BCUT2D eigenvalue weighted by molar-refractivity contribution is 5.92. The summed E-state index contributed by atoms with van der Waals surface area (Å²) in [5.41, 5.74) is -1.08. The number of pyridine rings is 1. The first-order valence-corrected chi connectivity index (χ1v) is 5.43. The molecule has 0 aliphatic heterocycles. The molecule has 1 saturated carbocycles. The largest absolute Gasteiger partial charge is 0.435 e. The number of alkyl halides is 3. The summed E-state index contributed by atoms with van der Waals surface area (Å²) in [7, 11) is 0. The maximum Gasteiger partial charge on any atom is 0.435 e. The van der Waals surface area contributed by atoms with Gasteiger partial charge in [0.1, 0.15) is 0 Å². The first-order valence-electron chi connectivity index (χ1n) is 5.43. The third-order valence-electron chi connectivity index (χ3n) is 2.85. The zero-order chi connectivity index (χ0) is 12.9. The van der Waals surface area contributed by atoms with Crippen molar-refractivity contribution < 1.29 is 18.0 Å². The summed E-state index contributed by atoms with van der Waals surface area (Å²) in [5.74, 6) is -0.620. The molecule has 2 aromatic rings. The number of hydrogen-bond acceptors (Lipinski definition) is 3. The fourth-order valence-electron chi connectivity index (χ4n) is 1.82. The summed E-state index contributed by atoms with van der Waals surface area (Å²) in [6.45, 7) is 0. The summed E-state index contributed by atoms with van der Waals surface area (Å²) < 4.78 is 39.2. The normalized spacial score (nSPS) is 16.2. The van der Waals surface area contributed by atoms with E-state index in [1.165, 1.54) is 18.3 Å². The van der Waals surface area contributed by atoms with Gasteiger partial charge in [-0.2, -0.15) is 23.0 Å². The van der Waals surface area contributed by atoms with E-state index in [1.54, 1.807) is 0 Å². The molecule has 0 atom stereocenters. The molecule has 0 radical (unpaired) electrons. The molecule has 0 unspecified atom stereocenters. The van der Waals surface area contributed by atoms with E-state index in [4.69, 9.17) is 0 Å². The molecule has 0 saturated heterocycles. The molecule has 0 amide bonds. The summed E-state index contributed by atoms with van der Waals surface area (Å²) in [5, 5.41) is 3.26. The predicted octanol–water partition coefficient (Wildman–Crippen LogP) is 2.50. The number of carbonyl (C=O) groups excluding carboxylic acids is 1.